The zero-order chi connectivity index (χ0) is 22.8. The quantitative estimate of drug-likeness (QED) is 0.555. The Labute approximate surface area is 190 Å². The maximum atomic E-state index is 13.3. The van der Waals surface area contributed by atoms with Gasteiger partial charge < -0.3 is 0 Å². The van der Waals surface area contributed by atoms with Crippen LogP contribution in [0.25, 0.3) is 11.3 Å². The summed E-state index contributed by atoms with van der Waals surface area (Å²) >= 11 is 0. The molecule has 0 fully saturated rings. The van der Waals surface area contributed by atoms with Crippen molar-refractivity contribution in [1.29, 1.82) is 0 Å². The van der Waals surface area contributed by atoms with Crippen molar-refractivity contribution in [2.24, 2.45) is 4.99 Å². The van der Waals surface area contributed by atoms with Crippen molar-refractivity contribution >= 4 is 5.71 Å². The Bertz CT molecular complexity index is 1170. The average Bonchev–Trinajstić information content (AvgIpc) is 2.84. The van der Waals surface area contributed by atoms with Crippen LogP contribution >= 0.6 is 0 Å². The minimum Gasteiger partial charge on any atom is -0.294 e. The first-order chi connectivity index (χ1) is 16.0. The number of halogens is 3. The van der Waals surface area contributed by atoms with E-state index in [1.165, 1.54) is 12.1 Å². The zero-order valence-electron chi connectivity index (χ0n) is 18.1. The van der Waals surface area contributed by atoms with Gasteiger partial charge in [-0.3, -0.25) is 14.9 Å². The van der Waals surface area contributed by atoms with E-state index in [9.17, 15) is 13.2 Å². The number of hydrogen-bond acceptors (Lipinski definition) is 5. The number of pyridine rings is 1. The van der Waals surface area contributed by atoms with E-state index in [4.69, 9.17) is 4.98 Å². The van der Waals surface area contributed by atoms with Crippen LogP contribution in [0.2, 0.25) is 0 Å². The third-order valence-electron chi connectivity index (χ3n) is 6.13. The maximum Gasteiger partial charge on any atom is 0.417 e. The molecule has 2 aliphatic rings. The number of alkyl halides is 3. The van der Waals surface area contributed by atoms with Crippen LogP contribution in [-0.2, 0) is 25.7 Å². The van der Waals surface area contributed by atoms with Crippen LogP contribution in [0.1, 0.15) is 47.5 Å². The highest BCUT2D eigenvalue weighted by Gasteiger charge is 2.33. The van der Waals surface area contributed by atoms with E-state index in [1.807, 2.05) is 12.3 Å². The lowest BCUT2D eigenvalue weighted by atomic mass is 10.0. The van der Waals surface area contributed by atoms with Crippen molar-refractivity contribution in [3.05, 3.63) is 77.0 Å². The van der Waals surface area contributed by atoms with Crippen LogP contribution in [0.5, 0.6) is 0 Å². The Kier molecular flexibility index (Phi) is 5.93. The van der Waals surface area contributed by atoms with E-state index in [-0.39, 0.29) is 5.56 Å². The molecule has 0 amide bonds. The highest BCUT2D eigenvalue weighted by Crippen LogP contribution is 2.36. The predicted molar refractivity (Wildman–Crippen MR) is 120 cm³/mol. The molecule has 170 valence electrons. The zero-order valence-corrected chi connectivity index (χ0v) is 18.1. The summed E-state index contributed by atoms with van der Waals surface area (Å²) in [5.41, 5.74) is 3.93. The molecule has 5 rings (SSSR count). The van der Waals surface area contributed by atoms with E-state index in [0.29, 0.717) is 12.2 Å². The van der Waals surface area contributed by atoms with Crippen LogP contribution in [0, 0.1) is 0 Å². The van der Waals surface area contributed by atoms with Gasteiger partial charge in [-0.15, -0.1) is 0 Å². The van der Waals surface area contributed by atoms with Gasteiger partial charge >= 0.3 is 6.18 Å². The van der Waals surface area contributed by atoms with Crippen molar-refractivity contribution in [2.45, 2.75) is 44.9 Å². The van der Waals surface area contributed by atoms with Crippen molar-refractivity contribution < 1.29 is 13.2 Å². The van der Waals surface area contributed by atoms with Crippen molar-refractivity contribution in [1.82, 2.24) is 19.9 Å². The summed E-state index contributed by atoms with van der Waals surface area (Å²) in [6, 6.07) is 9.05. The molecule has 33 heavy (non-hydrogen) atoms. The van der Waals surface area contributed by atoms with Gasteiger partial charge in [-0.2, -0.15) is 13.2 Å². The molecule has 3 aromatic rings. The first kappa shape index (κ1) is 21.7. The molecule has 0 N–H and O–H groups in total. The third-order valence-corrected chi connectivity index (χ3v) is 6.13. The van der Waals surface area contributed by atoms with Crippen LogP contribution in [0.3, 0.4) is 0 Å². The van der Waals surface area contributed by atoms with E-state index >= 15 is 0 Å². The van der Waals surface area contributed by atoms with Gasteiger partial charge in [-0.25, -0.2) is 9.97 Å². The fourth-order valence-electron chi connectivity index (χ4n) is 4.42. The number of rotatable bonds is 4. The van der Waals surface area contributed by atoms with Gasteiger partial charge in [0, 0.05) is 56.1 Å². The first-order valence-corrected chi connectivity index (χ1v) is 11.2. The Hall–Kier alpha value is -3.13. The smallest absolute Gasteiger partial charge is 0.294 e. The fraction of sp³-hybridized carbons (Fsp3) is 0.360. The Morgan fingerprint density at radius 3 is 2.58 bits per heavy atom. The van der Waals surface area contributed by atoms with Crippen LogP contribution in [0.15, 0.2) is 53.8 Å². The SMILES string of the molecule is FC(F)(F)c1ccccc1-c1ccc(CN2CCc3nc(C4=NCCCC4)ncc3C2)cn1. The summed E-state index contributed by atoms with van der Waals surface area (Å²) in [6.45, 7) is 3.12. The molecule has 0 saturated carbocycles. The normalized spacial score (nSPS) is 16.9. The summed E-state index contributed by atoms with van der Waals surface area (Å²) in [5, 5.41) is 0. The molecule has 0 unspecified atom stereocenters. The van der Waals surface area contributed by atoms with E-state index in [2.05, 4.69) is 19.9 Å². The number of benzene rings is 1. The number of nitrogens with zero attached hydrogens (tertiary/aromatic N) is 5. The van der Waals surface area contributed by atoms with E-state index in [0.717, 1.165) is 79.7 Å². The topological polar surface area (TPSA) is 54.3 Å². The van der Waals surface area contributed by atoms with Crippen LogP contribution < -0.4 is 0 Å². The number of hydrogen-bond donors (Lipinski definition) is 0. The lowest BCUT2D eigenvalue weighted by molar-refractivity contribution is -0.137. The molecule has 0 bridgehead atoms. The number of aromatic nitrogens is 3. The molecule has 5 nitrogen and oxygen atoms in total. The van der Waals surface area contributed by atoms with Gasteiger partial charge in [-0.05, 0) is 37.0 Å². The van der Waals surface area contributed by atoms with Gasteiger partial charge in [0.15, 0.2) is 5.82 Å². The van der Waals surface area contributed by atoms with Crippen molar-refractivity contribution in [2.75, 3.05) is 13.1 Å². The lowest BCUT2D eigenvalue weighted by Gasteiger charge is -2.28. The Morgan fingerprint density at radius 1 is 0.939 bits per heavy atom. The van der Waals surface area contributed by atoms with Gasteiger partial charge in [0.1, 0.15) is 0 Å². The minimum absolute atomic E-state index is 0.0963. The molecule has 0 aliphatic carbocycles. The summed E-state index contributed by atoms with van der Waals surface area (Å²) in [5.74, 6) is 0.765. The minimum atomic E-state index is -4.41. The fourth-order valence-corrected chi connectivity index (χ4v) is 4.42. The highest BCUT2D eigenvalue weighted by molar-refractivity contribution is 5.97. The second-order valence-corrected chi connectivity index (χ2v) is 8.51. The van der Waals surface area contributed by atoms with E-state index in [1.54, 1.807) is 18.3 Å². The molecule has 4 heterocycles. The van der Waals surface area contributed by atoms with Gasteiger partial charge in [0.2, 0.25) is 0 Å². The van der Waals surface area contributed by atoms with Crippen molar-refractivity contribution in [3.8, 4) is 11.3 Å². The third kappa shape index (κ3) is 4.80. The van der Waals surface area contributed by atoms with E-state index < -0.39 is 11.7 Å². The maximum absolute atomic E-state index is 13.3. The highest BCUT2D eigenvalue weighted by atomic mass is 19.4. The summed E-state index contributed by atoms with van der Waals surface area (Å²) in [4.78, 5) is 20.5. The van der Waals surface area contributed by atoms with Crippen LogP contribution in [-0.4, -0.2) is 38.7 Å². The standard InChI is InChI=1S/C25H24F3N5/c26-25(27,28)20-6-2-1-5-19(20)22-9-8-17(13-30-22)15-33-12-10-21-18(16-33)14-31-24(32-21)23-7-3-4-11-29-23/h1-2,5-6,8-9,13-14H,3-4,7,10-12,15-16H2. The summed E-state index contributed by atoms with van der Waals surface area (Å²) < 4.78 is 40.0. The first-order valence-electron chi connectivity index (χ1n) is 11.2. The summed E-state index contributed by atoms with van der Waals surface area (Å²) in [6.07, 6.45) is 3.22. The Morgan fingerprint density at radius 2 is 1.82 bits per heavy atom. The second kappa shape index (κ2) is 9.02. The second-order valence-electron chi connectivity index (χ2n) is 8.51. The summed E-state index contributed by atoms with van der Waals surface area (Å²) in [7, 11) is 0. The number of aliphatic imine (C=N–C) groups is 1. The molecular weight excluding hydrogens is 427 g/mol. The molecule has 8 heteroatoms. The van der Waals surface area contributed by atoms with Gasteiger partial charge in [-0.1, -0.05) is 24.3 Å². The molecule has 2 aromatic heterocycles. The van der Waals surface area contributed by atoms with Crippen LogP contribution in [0.4, 0.5) is 13.2 Å². The monoisotopic (exact) mass is 451 g/mol. The average molecular weight is 451 g/mol. The molecule has 0 atom stereocenters. The molecular formula is C25H24F3N5. The molecule has 0 radical (unpaired) electrons. The molecule has 0 spiro atoms. The molecule has 1 aromatic carbocycles. The predicted octanol–water partition coefficient (Wildman–Crippen LogP) is 5.09. The molecule has 2 aliphatic heterocycles. The lowest BCUT2D eigenvalue weighted by Crippen LogP contribution is -2.31. The Balaban J connectivity index is 1.28. The largest absolute Gasteiger partial charge is 0.417 e. The van der Waals surface area contributed by atoms with Gasteiger partial charge in [0.05, 0.1) is 22.7 Å². The number of fused-ring (bicyclic) bond motifs is 1. The molecule has 0 saturated heterocycles. The van der Waals surface area contributed by atoms with Gasteiger partial charge in [0.25, 0.3) is 0 Å². The van der Waals surface area contributed by atoms with Crippen molar-refractivity contribution in [3.63, 3.8) is 0 Å².